The highest BCUT2D eigenvalue weighted by atomic mass is 35.5. The number of carbonyl (C=O) groups is 1. The molecular formula is C22H17Cl2F3N4O2. The third-order valence-corrected chi connectivity index (χ3v) is 5.69. The van der Waals surface area contributed by atoms with Crippen LogP contribution in [0.2, 0.25) is 10.0 Å². The van der Waals surface area contributed by atoms with Gasteiger partial charge in [-0.05, 0) is 37.6 Å². The Morgan fingerprint density at radius 3 is 2.52 bits per heavy atom. The van der Waals surface area contributed by atoms with E-state index in [9.17, 15) is 18.0 Å². The number of halogens is 5. The lowest BCUT2D eigenvalue weighted by Gasteiger charge is -2.28. The van der Waals surface area contributed by atoms with Gasteiger partial charge in [-0.15, -0.1) is 0 Å². The van der Waals surface area contributed by atoms with Crippen molar-refractivity contribution in [2.75, 3.05) is 11.9 Å². The molecule has 11 heteroatoms. The summed E-state index contributed by atoms with van der Waals surface area (Å²) in [5.74, 6) is -0.610. The molecule has 3 aromatic rings. The Bertz CT molecular complexity index is 1250. The Hall–Kier alpha value is -3.04. The van der Waals surface area contributed by atoms with Gasteiger partial charge in [0.05, 0.1) is 29.0 Å². The van der Waals surface area contributed by atoms with E-state index in [4.69, 9.17) is 27.9 Å². The minimum absolute atomic E-state index is 0.0145. The van der Waals surface area contributed by atoms with Gasteiger partial charge in [-0.1, -0.05) is 35.3 Å². The van der Waals surface area contributed by atoms with E-state index in [-0.39, 0.29) is 17.4 Å². The summed E-state index contributed by atoms with van der Waals surface area (Å²) in [6, 6.07) is 7.78. The van der Waals surface area contributed by atoms with Crippen LogP contribution >= 0.6 is 23.2 Å². The molecule has 172 valence electrons. The van der Waals surface area contributed by atoms with Gasteiger partial charge < -0.3 is 10.1 Å². The number of allylic oxidation sites excluding steroid dienone is 1. The van der Waals surface area contributed by atoms with Crippen LogP contribution in [0.1, 0.15) is 36.5 Å². The lowest BCUT2D eigenvalue weighted by atomic mass is 9.83. The van der Waals surface area contributed by atoms with Gasteiger partial charge in [0.25, 0.3) is 0 Å². The fourth-order valence-electron chi connectivity index (χ4n) is 3.70. The van der Waals surface area contributed by atoms with Crippen LogP contribution in [0.3, 0.4) is 0 Å². The molecule has 1 atom stereocenters. The van der Waals surface area contributed by atoms with E-state index < -0.39 is 23.6 Å². The summed E-state index contributed by atoms with van der Waals surface area (Å²) in [4.78, 5) is 16.7. The van der Waals surface area contributed by atoms with Crippen LogP contribution < -0.4 is 5.32 Å². The highest BCUT2D eigenvalue weighted by molar-refractivity contribution is 6.32. The normalized spacial score (nSPS) is 15.8. The number of ether oxygens (including phenoxy) is 1. The fraction of sp³-hybridized carbons (Fsp3) is 0.227. The van der Waals surface area contributed by atoms with Crippen molar-refractivity contribution in [3.63, 3.8) is 0 Å². The number of anilines is 1. The van der Waals surface area contributed by atoms with E-state index in [1.165, 1.54) is 10.9 Å². The molecule has 4 rings (SSSR count). The maximum absolute atomic E-state index is 13.0. The van der Waals surface area contributed by atoms with Crippen molar-refractivity contribution in [1.82, 2.24) is 14.8 Å². The van der Waals surface area contributed by atoms with Gasteiger partial charge in [0.15, 0.2) is 5.82 Å². The number of carbonyl (C=O) groups excluding carboxylic acids is 1. The molecular weight excluding hydrogens is 480 g/mol. The SMILES string of the molecule is CCOC(=O)C1=C(C)Nc2c(cnn2-c2ncc(C(F)(F)F)cc2Cl)[C@@H]1c1ccc(Cl)cc1. The molecule has 1 aliphatic rings. The lowest BCUT2D eigenvalue weighted by molar-refractivity contribution is -0.139. The first-order chi connectivity index (χ1) is 15.6. The zero-order valence-electron chi connectivity index (χ0n) is 17.4. The molecule has 0 radical (unpaired) electrons. The van der Waals surface area contributed by atoms with Gasteiger partial charge in [0.2, 0.25) is 0 Å². The Kier molecular flexibility index (Phi) is 6.11. The maximum atomic E-state index is 13.0. The molecule has 1 N–H and O–H groups in total. The molecule has 0 saturated carbocycles. The van der Waals surface area contributed by atoms with Crippen LogP contribution in [0.5, 0.6) is 0 Å². The topological polar surface area (TPSA) is 69.0 Å². The number of esters is 1. The number of nitrogens with one attached hydrogen (secondary N) is 1. The lowest BCUT2D eigenvalue weighted by Crippen LogP contribution is -2.25. The van der Waals surface area contributed by atoms with E-state index in [1.807, 2.05) is 0 Å². The molecule has 6 nitrogen and oxygen atoms in total. The smallest absolute Gasteiger partial charge is 0.417 e. The van der Waals surface area contributed by atoms with Crippen LogP contribution in [0.15, 0.2) is 54.0 Å². The zero-order valence-corrected chi connectivity index (χ0v) is 18.9. The summed E-state index contributed by atoms with van der Waals surface area (Å²) in [7, 11) is 0. The zero-order chi connectivity index (χ0) is 23.9. The van der Waals surface area contributed by atoms with Crippen molar-refractivity contribution in [3.8, 4) is 5.82 Å². The number of nitrogens with zero attached hydrogens (tertiary/aromatic N) is 3. The van der Waals surface area contributed by atoms with Crippen LogP contribution in [-0.2, 0) is 15.7 Å². The first-order valence-corrected chi connectivity index (χ1v) is 10.6. The molecule has 0 amide bonds. The van der Waals surface area contributed by atoms with Crippen LogP contribution in [0, 0.1) is 0 Å². The second-order valence-electron chi connectivity index (χ2n) is 7.26. The number of alkyl halides is 3. The average Bonchev–Trinajstić information content (AvgIpc) is 3.16. The van der Waals surface area contributed by atoms with Gasteiger partial charge in [0.1, 0.15) is 5.82 Å². The average molecular weight is 497 g/mol. The Balaban J connectivity index is 1.86. The van der Waals surface area contributed by atoms with Crippen molar-refractivity contribution >= 4 is 35.0 Å². The highest BCUT2D eigenvalue weighted by Crippen LogP contribution is 2.43. The minimum Gasteiger partial charge on any atom is -0.463 e. The van der Waals surface area contributed by atoms with E-state index in [2.05, 4.69) is 15.4 Å². The molecule has 33 heavy (non-hydrogen) atoms. The molecule has 0 bridgehead atoms. The third kappa shape index (κ3) is 4.30. The number of benzene rings is 1. The van der Waals surface area contributed by atoms with Gasteiger partial charge in [0, 0.05) is 28.4 Å². The molecule has 1 aliphatic heterocycles. The van der Waals surface area contributed by atoms with Gasteiger partial charge in [-0.2, -0.15) is 23.0 Å². The van der Waals surface area contributed by atoms with Gasteiger partial charge >= 0.3 is 12.1 Å². The predicted molar refractivity (Wildman–Crippen MR) is 118 cm³/mol. The fourth-order valence-corrected chi connectivity index (χ4v) is 4.07. The molecule has 3 heterocycles. The molecule has 0 aliphatic carbocycles. The third-order valence-electron chi connectivity index (χ3n) is 5.16. The summed E-state index contributed by atoms with van der Waals surface area (Å²) in [5.41, 5.74) is 1.28. The summed E-state index contributed by atoms with van der Waals surface area (Å²) in [6.07, 6.45) is -2.37. The molecule has 0 unspecified atom stereocenters. The molecule has 0 fully saturated rings. The summed E-state index contributed by atoms with van der Waals surface area (Å²) in [6.45, 7) is 3.61. The van der Waals surface area contributed by atoms with Gasteiger partial charge in [-0.3, -0.25) is 0 Å². The minimum atomic E-state index is -4.58. The first kappa shape index (κ1) is 23.1. The van der Waals surface area contributed by atoms with Gasteiger partial charge in [-0.25, -0.2) is 9.78 Å². The monoisotopic (exact) mass is 496 g/mol. The number of hydrogen-bond acceptors (Lipinski definition) is 5. The first-order valence-electron chi connectivity index (χ1n) is 9.83. The number of hydrogen-bond donors (Lipinski definition) is 1. The Morgan fingerprint density at radius 1 is 1.21 bits per heavy atom. The molecule has 0 spiro atoms. The number of aromatic nitrogens is 3. The maximum Gasteiger partial charge on any atom is 0.417 e. The largest absolute Gasteiger partial charge is 0.463 e. The van der Waals surface area contributed by atoms with Crippen molar-refractivity contribution in [1.29, 1.82) is 0 Å². The predicted octanol–water partition coefficient (Wildman–Crippen LogP) is 5.99. The standard InChI is InChI=1S/C22H17Cl2F3N4O2/c1-3-33-21(32)17-11(2)30-19-15(18(17)12-4-6-14(23)7-5-12)10-29-31(19)20-16(24)8-13(9-28-20)22(25,26)27/h4-10,18,30H,3H2,1-2H3/t18-/m0/s1. The van der Waals surface area contributed by atoms with Crippen molar-refractivity contribution in [3.05, 3.63) is 80.7 Å². The second kappa shape index (κ2) is 8.72. The van der Waals surface area contributed by atoms with Crippen molar-refractivity contribution in [2.24, 2.45) is 0 Å². The second-order valence-corrected chi connectivity index (χ2v) is 8.10. The van der Waals surface area contributed by atoms with E-state index in [1.54, 1.807) is 38.1 Å². The summed E-state index contributed by atoms with van der Waals surface area (Å²) < 4.78 is 45.6. The van der Waals surface area contributed by atoms with E-state index in [0.29, 0.717) is 33.9 Å². The van der Waals surface area contributed by atoms with Crippen LogP contribution in [0.4, 0.5) is 19.0 Å². The van der Waals surface area contributed by atoms with E-state index in [0.717, 1.165) is 11.6 Å². The number of pyridine rings is 1. The number of rotatable bonds is 4. The van der Waals surface area contributed by atoms with Crippen molar-refractivity contribution < 1.29 is 22.7 Å². The quantitative estimate of drug-likeness (QED) is 0.449. The summed E-state index contributed by atoms with van der Waals surface area (Å²) in [5, 5.41) is 7.73. The van der Waals surface area contributed by atoms with Crippen molar-refractivity contribution in [2.45, 2.75) is 25.9 Å². The molecule has 0 saturated heterocycles. The van der Waals surface area contributed by atoms with Crippen LogP contribution in [-0.4, -0.2) is 27.3 Å². The number of fused-ring (bicyclic) bond motifs is 1. The Labute approximate surface area is 197 Å². The Morgan fingerprint density at radius 2 is 1.91 bits per heavy atom. The highest BCUT2D eigenvalue weighted by Gasteiger charge is 2.37. The van der Waals surface area contributed by atoms with E-state index >= 15 is 0 Å². The molecule has 1 aromatic carbocycles. The molecule has 2 aromatic heterocycles. The summed E-state index contributed by atoms with van der Waals surface area (Å²) >= 11 is 12.2. The van der Waals surface area contributed by atoms with Crippen LogP contribution in [0.25, 0.3) is 5.82 Å².